The van der Waals surface area contributed by atoms with Crippen molar-refractivity contribution < 1.29 is 19.5 Å². The van der Waals surface area contributed by atoms with Gasteiger partial charge < -0.3 is 10.1 Å². The molecule has 1 saturated heterocycles. The second kappa shape index (κ2) is 10.5. The van der Waals surface area contributed by atoms with E-state index in [2.05, 4.69) is 10.3 Å². The van der Waals surface area contributed by atoms with Crippen LogP contribution in [0.2, 0.25) is 0 Å². The van der Waals surface area contributed by atoms with Crippen molar-refractivity contribution in [2.24, 2.45) is 0 Å². The Kier molecular flexibility index (Phi) is 7.54. The maximum atomic E-state index is 12.5. The smallest absolute Gasteiger partial charge is 0.262 e. The van der Waals surface area contributed by atoms with E-state index in [1.165, 1.54) is 0 Å². The van der Waals surface area contributed by atoms with E-state index < -0.39 is 11.9 Å². The van der Waals surface area contributed by atoms with Gasteiger partial charge in [-0.15, -0.1) is 0 Å². The molecule has 2 aromatic rings. The highest BCUT2D eigenvalue weighted by molar-refractivity contribution is 5.94. The standard InChI is InChI=1S/C21H26N4O4/c26-20(23-14-19(21(27)24-28)25-12-2-1-3-13-25)17-4-6-18(7-5-17)29-15-16-8-10-22-11-9-16/h4-11,19,28H,1-3,12-15H2,(H,23,26)(H,24,27). The van der Waals surface area contributed by atoms with Crippen LogP contribution >= 0.6 is 0 Å². The third-order valence-corrected chi connectivity index (χ3v) is 4.97. The van der Waals surface area contributed by atoms with Crippen LogP contribution in [-0.2, 0) is 11.4 Å². The zero-order valence-corrected chi connectivity index (χ0v) is 16.2. The molecule has 0 saturated carbocycles. The molecule has 0 spiro atoms. The summed E-state index contributed by atoms with van der Waals surface area (Å²) in [6.45, 7) is 2.10. The van der Waals surface area contributed by atoms with Crippen molar-refractivity contribution in [3.63, 3.8) is 0 Å². The number of ether oxygens (including phenoxy) is 1. The lowest BCUT2D eigenvalue weighted by Crippen LogP contribution is -2.53. The first kappa shape index (κ1) is 20.8. The highest BCUT2D eigenvalue weighted by Gasteiger charge is 2.27. The lowest BCUT2D eigenvalue weighted by Gasteiger charge is -2.33. The van der Waals surface area contributed by atoms with Crippen LogP contribution in [0.3, 0.4) is 0 Å². The average molecular weight is 398 g/mol. The molecule has 2 heterocycles. The third kappa shape index (κ3) is 6.00. The zero-order chi connectivity index (χ0) is 20.5. The molecule has 1 aromatic carbocycles. The zero-order valence-electron chi connectivity index (χ0n) is 16.2. The lowest BCUT2D eigenvalue weighted by atomic mass is 10.1. The summed E-state index contributed by atoms with van der Waals surface area (Å²) in [4.78, 5) is 30.4. The Morgan fingerprint density at radius 2 is 1.76 bits per heavy atom. The summed E-state index contributed by atoms with van der Waals surface area (Å²) >= 11 is 0. The van der Waals surface area contributed by atoms with Crippen molar-refractivity contribution in [3.8, 4) is 5.75 Å². The van der Waals surface area contributed by atoms with E-state index in [9.17, 15) is 9.59 Å². The predicted molar refractivity (Wildman–Crippen MR) is 106 cm³/mol. The first-order chi connectivity index (χ1) is 14.2. The quantitative estimate of drug-likeness (QED) is 0.462. The normalized spacial score (nSPS) is 15.3. The number of nitrogens with one attached hydrogen (secondary N) is 2. The topological polar surface area (TPSA) is 104 Å². The number of hydrogen-bond acceptors (Lipinski definition) is 6. The summed E-state index contributed by atoms with van der Waals surface area (Å²) < 4.78 is 5.70. The molecule has 1 aliphatic heterocycles. The molecule has 3 N–H and O–H groups in total. The van der Waals surface area contributed by atoms with Crippen LogP contribution in [-0.4, -0.2) is 52.6 Å². The lowest BCUT2D eigenvalue weighted by molar-refractivity contribution is -0.135. The number of likely N-dealkylation sites (tertiary alicyclic amines) is 1. The first-order valence-electron chi connectivity index (χ1n) is 9.75. The summed E-state index contributed by atoms with van der Waals surface area (Å²) in [5, 5.41) is 11.8. The SMILES string of the molecule is O=C(NCC(C(=O)NO)N1CCCCC1)c1ccc(OCc2ccncc2)cc1. The maximum Gasteiger partial charge on any atom is 0.262 e. The molecule has 0 bridgehead atoms. The molecule has 1 atom stereocenters. The van der Waals surface area contributed by atoms with Crippen LogP contribution in [0.1, 0.15) is 35.2 Å². The van der Waals surface area contributed by atoms with Gasteiger partial charge in [0.1, 0.15) is 18.4 Å². The number of carbonyl (C=O) groups excluding carboxylic acids is 2. The second-order valence-corrected chi connectivity index (χ2v) is 6.97. The van der Waals surface area contributed by atoms with Gasteiger partial charge >= 0.3 is 0 Å². The van der Waals surface area contributed by atoms with Gasteiger partial charge in [0.25, 0.3) is 11.8 Å². The number of rotatable bonds is 8. The van der Waals surface area contributed by atoms with Crippen molar-refractivity contribution in [1.82, 2.24) is 20.7 Å². The number of piperidine rings is 1. The third-order valence-electron chi connectivity index (χ3n) is 4.97. The van der Waals surface area contributed by atoms with Crippen LogP contribution in [0.25, 0.3) is 0 Å². The van der Waals surface area contributed by atoms with Gasteiger partial charge in [-0.1, -0.05) is 6.42 Å². The molecule has 0 radical (unpaired) electrons. The number of carbonyl (C=O) groups is 2. The van der Waals surface area contributed by atoms with Gasteiger partial charge in [-0.05, 0) is 67.9 Å². The van der Waals surface area contributed by atoms with E-state index in [1.54, 1.807) is 42.1 Å². The number of pyridine rings is 1. The molecule has 8 nitrogen and oxygen atoms in total. The summed E-state index contributed by atoms with van der Waals surface area (Å²) in [6.07, 6.45) is 6.56. The number of amides is 2. The highest BCUT2D eigenvalue weighted by atomic mass is 16.5. The molecule has 1 aromatic heterocycles. The number of hydrogen-bond donors (Lipinski definition) is 3. The van der Waals surface area contributed by atoms with Crippen LogP contribution in [0.15, 0.2) is 48.8 Å². The van der Waals surface area contributed by atoms with Gasteiger partial charge in [-0.25, -0.2) is 5.48 Å². The van der Waals surface area contributed by atoms with E-state index >= 15 is 0 Å². The Morgan fingerprint density at radius 1 is 1.07 bits per heavy atom. The Balaban J connectivity index is 1.53. The van der Waals surface area contributed by atoms with Crippen molar-refractivity contribution in [2.45, 2.75) is 31.9 Å². The molecule has 1 fully saturated rings. The molecule has 3 rings (SSSR count). The largest absolute Gasteiger partial charge is 0.489 e. The van der Waals surface area contributed by atoms with Gasteiger partial charge in [0.2, 0.25) is 0 Å². The Labute approximate surface area is 169 Å². The van der Waals surface area contributed by atoms with Crippen molar-refractivity contribution in [3.05, 3.63) is 59.9 Å². The highest BCUT2D eigenvalue weighted by Crippen LogP contribution is 2.15. The summed E-state index contributed by atoms with van der Waals surface area (Å²) in [5.41, 5.74) is 3.19. The minimum atomic E-state index is -0.591. The summed E-state index contributed by atoms with van der Waals surface area (Å²) in [7, 11) is 0. The van der Waals surface area contributed by atoms with Gasteiger partial charge in [-0.3, -0.25) is 24.7 Å². The van der Waals surface area contributed by atoms with Crippen LogP contribution in [0.4, 0.5) is 0 Å². The number of hydroxylamine groups is 1. The fourth-order valence-corrected chi connectivity index (χ4v) is 3.33. The molecule has 29 heavy (non-hydrogen) atoms. The molecule has 1 unspecified atom stereocenters. The molecule has 0 aliphatic carbocycles. The van der Waals surface area contributed by atoms with E-state index in [0.29, 0.717) is 17.9 Å². The number of aromatic nitrogens is 1. The van der Waals surface area contributed by atoms with Crippen LogP contribution < -0.4 is 15.5 Å². The van der Waals surface area contributed by atoms with E-state index in [0.717, 1.165) is 37.9 Å². The van der Waals surface area contributed by atoms with Gasteiger partial charge in [0.15, 0.2) is 0 Å². The van der Waals surface area contributed by atoms with Crippen molar-refractivity contribution >= 4 is 11.8 Å². The van der Waals surface area contributed by atoms with Crippen molar-refractivity contribution in [1.29, 1.82) is 0 Å². The molecular formula is C21H26N4O4. The van der Waals surface area contributed by atoms with E-state index in [4.69, 9.17) is 9.94 Å². The molecular weight excluding hydrogens is 372 g/mol. The molecule has 8 heteroatoms. The first-order valence-corrected chi connectivity index (χ1v) is 9.75. The second-order valence-electron chi connectivity index (χ2n) is 6.97. The van der Waals surface area contributed by atoms with Crippen molar-refractivity contribution in [2.75, 3.05) is 19.6 Å². The average Bonchev–Trinajstić information content (AvgIpc) is 2.79. The van der Waals surface area contributed by atoms with Gasteiger partial charge in [0, 0.05) is 24.5 Å². The molecule has 154 valence electrons. The fourth-order valence-electron chi connectivity index (χ4n) is 3.33. The maximum absolute atomic E-state index is 12.5. The monoisotopic (exact) mass is 398 g/mol. The van der Waals surface area contributed by atoms with Gasteiger partial charge in [0.05, 0.1) is 0 Å². The van der Waals surface area contributed by atoms with E-state index in [-0.39, 0.29) is 12.5 Å². The fraction of sp³-hybridized carbons (Fsp3) is 0.381. The van der Waals surface area contributed by atoms with Crippen LogP contribution in [0.5, 0.6) is 5.75 Å². The summed E-state index contributed by atoms with van der Waals surface area (Å²) in [6, 6.07) is 9.99. The minimum Gasteiger partial charge on any atom is -0.489 e. The predicted octanol–water partition coefficient (Wildman–Crippen LogP) is 1.75. The van der Waals surface area contributed by atoms with Crippen LogP contribution in [0, 0.1) is 0 Å². The Hall–Kier alpha value is -2.97. The molecule has 1 aliphatic rings. The number of nitrogens with zero attached hydrogens (tertiary/aromatic N) is 2. The van der Waals surface area contributed by atoms with Gasteiger partial charge in [-0.2, -0.15) is 0 Å². The Bertz CT molecular complexity index is 792. The minimum absolute atomic E-state index is 0.130. The Morgan fingerprint density at radius 3 is 2.41 bits per heavy atom. The molecule has 2 amide bonds. The number of benzene rings is 1. The van der Waals surface area contributed by atoms with E-state index in [1.807, 2.05) is 17.0 Å². The summed E-state index contributed by atoms with van der Waals surface area (Å²) in [5.74, 6) is -0.130.